The van der Waals surface area contributed by atoms with Crippen LogP contribution in [-0.2, 0) is 6.54 Å². The van der Waals surface area contributed by atoms with Gasteiger partial charge in [0, 0.05) is 23.4 Å². The van der Waals surface area contributed by atoms with Gasteiger partial charge in [0.2, 0.25) is 0 Å². The maximum absolute atomic E-state index is 12.3. The Bertz CT molecular complexity index is 682. The van der Waals surface area contributed by atoms with Crippen LogP contribution in [0.3, 0.4) is 0 Å². The number of aromatic nitrogens is 2. The molecule has 0 aliphatic rings. The van der Waals surface area contributed by atoms with Gasteiger partial charge in [-0.3, -0.25) is 9.78 Å². The topological polar surface area (TPSA) is 84.2 Å². The molecule has 0 spiro atoms. The molecule has 0 saturated heterocycles. The normalized spacial score (nSPS) is 10.4. The first kappa shape index (κ1) is 15.2. The Balaban J connectivity index is 2.22. The van der Waals surface area contributed by atoms with Crippen LogP contribution in [0.15, 0.2) is 35.2 Å². The van der Waals surface area contributed by atoms with Crippen LogP contribution in [0.2, 0.25) is 0 Å². The van der Waals surface area contributed by atoms with Gasteiger partial charge in [0.15, 0.2) is 0 Å². The van der Waals surface area contributed by atoms with Crippen LogP contribution in [0.5, 0.6) is 0 Å². The van der Waals surface area contributed by atoms with E-state index in [0.717, 1.165) is 17.4 Å². The van der Waals surface area contributed by atoms with Crippen molar-refractivity contribution in [3.05, 3.63) is 46.5 Å². The van der Waals surface area contributed by atoms with Gasteiger partial charge in [0.05, 0.1) is 17.4 Å². The molecule has 21 heavy (non-hydrogen) atoms. The Hall–Kier alpha value is -2.15. The highest BCUT2D eigenvalue weighted by molar-refractivity contribution is 9.10. The lowest BCUT2D eigenvalue weighted by atomic mass is 10.2. The molecule has 0 aliphatic heterocycles. The van der Waals surface area contributed by atoms with Crippen molar-refractivity contribution in [2.45, 2.75) is 19.9 Å². The van der Waals surface area contributed by atoms with E-state index in [1.807, 2.05) is 17.7 Å². The van der Waals surface area contributed by atoms with Crippen molar-refractivity contribution in [1.29, 1.82) is 0 Å². The molecule has 7 heteroatoms. The summed E-state index contributed by atoms with van der Waals surface area (Å²) >= 11 is 3.35. The number of halogens is 1. The van der Waals surface area contributed by atoms with Crippen molar-refractivity contribution in [2.75, 3.05) is 5.32 Å². The number of carboxylic acid groups (broad SMARTS) is 1. The minimum absolute atomic E-state index is 0.0259. The van der Waals surface area contributed by atoms with Crippen molar-refractivity contribution < 1.29 is 14.7 Å². The number of carboxylic acids is 1. The number of hydrogen-bond donors (Lipinski definition) is 2. The average Bonchev–Trinajstić information content (AvgIpc) is 2.80. The fourth-order valence-corrected chi connectivity index (χ4v) is 2.38. The van der Waals surface area contributed by atoms with Crippen LogP contribution in [0.25, 0.3) is 0 Å². The SMILES string of the molecule is CCCn1cc(Br)cc1C(=O)Nc1cncc(C(=O)O)c1. The third-order valence-corrected chi connectivity index (χ3v) is 3.24. The first-order valence-corrected chi connectivity index (χ1v) is 7.16. The number of rotatable bonds is 5. The van der Waals surface area contributed by atoms with Gasteiger partial charge < -0.3 is 15.0 Å². The standard InChI is InChI=1S/C14H14BrN3O3/c1-2-3-18-8-10(15)5-12(18)13(19)17-11-4-9(14(20)21)6-16-7-11/h4-8H,2-3H2,1H3,(H,17,19)(H,20,21). The number of anilines is 1. The summed E-state index contributed by atoms with van der Waals surface area (Å²) in [5.74, 6) is -1.39. The Labute approximate surface area is 129 Å². The zero-order chi connectivity index (χ0) is 15.4. The van der Waals surface area contributed by atoms with Crippen LogP contribution in [0.1, 0.15) is 34.2 Å². The maximum atomic E-state index is 12.3. The van der Waals surface area contributed by atoms with Gasteiger partial charge in [-0.2, -0.15) is 0 Å². The molecule has 6 nitrogen and oxygen atoms in total. The van der Waals surface area contributed by atoms with Gasteiger partial charge in [0.25, 0.3) is 5.91 Å². The number of amides is 1. The summed E-state index contributed by atoms with van der Waals surface area (Å²) in [6, 6.07) is 3.09. The molecule has 1 amide bonds. The molecule has 110 valence electrons. The Kier molecular flexibility index (Phi) is 4.74. The van der Waals surface area contributed by atoms with Crippen molar-refractivity contribution in [3.63, 3.8) is 0 Å². The molecular formula is C14H14BrN3O3. The molecule has 2 N–H and O–H groups in total. The van der Waals surface area contributed by atoms with Crippen LogP contribution in [0.4, 0.5) is 5.69 Å². The highest BCUT2D eigenvalue weighted by atomic mass is 79.9. The van der Waals surface area contributed by atoms with E-state index in [2.05, 4.69) is 26.2 Å². The Morgan fingerprint density at radius 2 is 2.14 bits per heavy atom. The number of nitrogens with zero attached hydrogens (tertiary/aromatic N) is 2. The molecule has 2 rings (SSSR count). The van der Waals surface area contributed by atoms with Crippen molar-refractivity contribution >= 4 is 33.5 Å². The molecule has 0 unspecified atom stereocenters. The lowest BCUT2D eigenvalue weighted by molar-refractivity contribution is 0.0696. The van der Waals surface area contributed by atoms with Gasteiger partial charge in [-0.25, -0.2) is 4.79 Å². The summed E-state index contributed by atoms with van der Waals surface area (Å²) in [4.78, 5) is 27.0. The summed E-state index contributed by atoms with van der Waals surface area (Å²) in [5.41, 5.74) is 0.877. The van der Waals surface area contributed by atoms with Crippen LogP contribution >= 0.6 is 15.9 Å². The second-order valence-corrected chi connectivity index (χ2v) is 5.37. The van der Waals surface area contributed by atoms with Crippen LogP contribution in [0, 0.1) is 0 Å². The van der Waals surface area contributed by atoms with E-state index in [1.165, 1.54) is 18.5 Å². The van der Waals surface area contributed by atoms with Crippen molar-refractivity contribution in [3.8, 4) is 0 Å². The smallest absolute Gasteiger partial charge is 0.337 e. The van der Waals surface area contributed by atoms with Gasteiger partial charge in [-0.15, -0.1) is 0 Å². The van der Waals surface area contributed by atoms with Gasteiger partial charge >= 0.3 is 5.97 Å². The van der Waals surface area contributed by atoms with E-state index in [4.69, 9.17) is 5.11 Å². The molecule has 0 radical (unpaired) electrons. The molecule has 2 aromatic rings. The Morgan fingerprint density at radius 1 is 1.38 bits per heavy atom. The van der Waals surface area contributed by atoms with Gasteiger partial charge in [-0.1, -0.05) is 6.92 Å². The fourth-order valence-electron chi connectivity index (χ4n) is 1.91. The first-order chi connectivity index (χ1) is 10.0. The minimum Gasteiger partial charge on any atom is -0.478 e. The first-order valence-electron chi connectivity index (χ1n) is 6.36. The van der Waals surface area contributed by atoms with E-state index in [0.29, 0.717) is 11.4 Å². The number of aryl methyl sites for hydroxylation is 1. The van der Waals surface area contributed by atoms with Crippen molar-refractivity contribution in [2.24, 2.45) is 0 Å². The highest BCUT2D eigenvalue weighted by Gasteiger charge is 2.14. The monoisotopic (exact) mass is 351 g/mol. The molecule has 0 fully saturated rings. The highest BCUT2D eigenvalue weighted by Crippen LogP contribution is 2.17. The van der Waals surface area contributed by atoms with E-state index >= 15 is 0 Å². The zero-order valence-electron chi connectivity index (χ0n) is 11.3. The van der Waals surface area contributed by atoms with Gasteiger partial charge in [0.1, 0.15) is 5.69 Å². The predicted molar refractivity (Wildman–Crippen MR) is 81.6 cm³/mol. The van der Waals surface area contributed by atoms with E-state index in [1.54, 1.807) is 6.07 Å². The fraction of sp³-hybridized carbons (Fsp3) is 0.214. The summed E-state index contributed by atoms with van der Waals surface area (Å²) in [7, 11) is 0. The summed E-state index contributed by atoms with van der Waals surface area (Å²) in [6.45, 7) is 2.75. The number of nitrogens with one attached hydrogen (secondary N) is 1. The molecule has 2 heterocycles. The second-order valence-electron chi connectivity index (χ2n) is 4.46. The van der Waals surface area contributed by atoms with E-state index in [9.17, 15) is 9.59 Å². The quantitative estimate of drug-likeness (QED) is 0.866. The van der Waals surface area contributed by atoms with Crippen molar-refractivity contribution in [1.82, 2.24) is 9.55 Å². The maximum Gasteiger partial charge on any atom is 0.337 e. The number of aromatic carboxylic acids is 1. The molecule has 0 saturated carbocycles. The third kappa shape index (κ3) is 3.69. The molecule has 0 bridgehead atoms. The molecule has 0 aromatic carbocycles. The van der Waals surface area contributed by atoms with E-state index < -0.39 is 5.97 Å². The second kappa shape index (κ2) is 6.53. The largest absolute Gasteiger partial charge is 0.478 e. The van der Waals surface area contributed by atoms with Crippen LogP contribution in [-0.4, -0.2) is 26.5 Å². The lowest BCUT2D eigenvalue weighted by Gasteiger charge is -2.08. The number of hydrogen-bond acceptors (Lipinski definition) is 3. The lowest BCUT2D eigenvalue weighted by Crippen LogP contribution is -2.17. The number of pyridine rings is 1. The minimum atomic E-state index is -1.09. The van der Waals surface area contributed by atoms with Gasteiger partial charge in [-0.05, 0) is 34.5 Å². The Morgan fingerprint density at radius 3 is 2.81 bits per heavy atom. The summed E-state index contributed by atoms with van der Waals surface area (Å²) in [6.07, 6.45) is 5.38. The van der Waals surface area contributed by atoms with Crippen LogP contribution < -0.4 is 5.32 Å². The molecule has 2 aromatic heterocycles. The zero-order valence-corrected chi connectivity index (χ0v) is 12.9. The predicted octanol–water partition coefficient (Wildman–Crippen LogP) is 3.01. The molecular weight excluding hydrogens is 338 g/mol. The molecule has 0 atom stereocenters. The summed E-state index contributed by atoms with van der Waals surface area (Å²) in [5, 5.41) is 11.6. The number of carbonyl (C=O) groups excluding carboxylic acids is 1. The number of carbonyl (C=O) groups is 2. The van der Waals surface area contributed by atoms with E-state index in [-0.39, 0.29) is 11.5 Å². The average molecular weight is 352 g/mol. The molecule has 0 aliphatic carbocycles. The summed E-state index contributed by atoms with van der Waals surface area (Å²) < 4.78 is 2.66. The third-order valence-electron chi connectivity index (χ3n) is 2.80.